The number of hydrogen-bond donors (Lipinski definition) is 1. The van der Waals surface area contributed by atoms with Crippen molar-refractivity contribution in [2.75, 3.05) is 32.7 Å². The van der Waals surface area contributed by atoms with Crippen LogP contribution in [0.2, 0.25) is 0 Å². The average molecular weight is 275 g/mol. The predicted molar refractivity (Wildman–Crippen MR) is 81.4 cm³/mol. The Morgan fingerprint density at radius 2 is 1.60 bits per heavy atom. The number of nitrogens with zero attached hydrogens (tertiary/aromatic N) is 2. The minimum absolute atomic E-state index is 0.0165. The monoisotopic (exact) mass is 275 g/mol. The molecule has 110 valence electrons. The molecule has 20 heavy (non-hydrogen) atoms. The number of likely N-dealkylation sites (N-methyl/N-ethyl adjacent to an activating group) is 1. The first-order valence-corrected chi connectivity index (χ1v) is 7.44. The van der Waals surface area contributed by atoms with Gasteiger partial charge < -0.3 is 10.2 Å². The normalized spacial score (nSPS) is 17.1. The molecule has 1 aliphatic heterocycles. The van der Waals surface area contributed by atoms with E-state index < -0.39 is 0 Å². The van der Waals surface area contributed by atoms with Crippen LogP contribution in [-0.2, 0) is 17.9 Å². The molecule has 1 amide bonds. The third-order valence-electron chi connectivity index (χ3n) is 3.88. The minimum atomic E-state index is 0.0165. The van der Waals surface area contributed by atoms with Gasteiger partial charge in [-0.15, -0.1) is 0 Å². The maximum atomic E-state index is 10.9. The van der Waals surface area contributed by atoms with Gasteiger partial charge in [0.1, 0.15) is 0 Å². The number of carbonyl (C=O) groups is 1. The van der Waals surface area contributed by atoms with Crippen LogP contribution in [0, 0.1) is 0 Å². The molecule has 0 unspecified atom stereocenters. The molecule has 0 saturated carbocycles. The SMILES string of the molecule is CCN1CCN(Cc2ccc(CNC(C)=O)cc2)CC1. The van der Waals surface area contributed by atoms with Crippen LogP contribution in [0.4, 0.5) is 0 Å². The lowest BCUT2D eigenvalue weighted by molar-refractivity contribution is -0.119. The fraction of sp³-hybridized carbons (Fsp3) is 0.562. The minimum Gasteiger partial charge on any atom is -0.352 e. The predicted octanol–water partition coefficient (Wildman–Crippen LogP) is 1.46. The van der Waals surface area contributed by atoms with E-state index in [1.165, 1.54) is 18.7 Å². The number of piperazine rings is 1. The topological polar surface area (TPSA) is 35.6 Å². The van der Waals surface area contributed by atoms with Gasteiger partial charge in [-0.1, -0.05) is 31.2 Å². The molecule has 0 spiro atoms. The van der Waals surface area contributed by atoms with E-state index in [0.29, 0.717) is 6.54 Å². The zero-order valence-electron chi connectivity index (χ0n) is 12.6. The van der Waals surface area contributed by atoms with Crippen molar-refractivity contribution in [3.05, 3.63) is 35.4 Å². The van der Waals surface area contributed by atoms with Crippen molar-refractivity contribution < 1.29 is 4.79 Å². The quantitative estimate of drug-likeness (QED) is 0.884. The van der Waals surface area contributed by atoms with Crippen molar-refractivity contribution in [1.29, 1.82) is 0 Å². The Kier molecular flexibility index (Phi) is 5.56. The summed E-state index contributed by atoms with van der Waals surface area (Å²) in [5.41, 5.74) is 2.50. The highest BCUT2D eigenvalue weighted by atomic mass is 16.1. The molecule has 0 aromatic heterocycles. The number of hydrogen-bond acceptors (Lipinski definition) is 3. The Morgan fingerprint density at radius 1 is 1.05 bits per heavy atom. The Morgan fingerprint density at radius 3 is 2.15 bits per heavy atom. The van der Waals surface area contributed by atoms with Crippen molar-refractivity contribution in [2.24, 2.45) is 0 Å². The second kappa shape index (κ2) is 7.41. The van der Waals surface area contributed by atoms with Crippen molar-refractivity contribution >= 4 is 5.91 Å². The van der Waals surface area contributed by atoms with Crippen LogP contribution in [-0.4, -0.2) is 48.4 Å². The first-order chi connectivity index (χ1) is 9.67. The van der Waals surface area contributed by atoms with Gasteiger partial charge >= 0.3 is 0 Å². The molecule has 0 aliphatic carbocycles. The maximum Gasteiger partial charge on any atom is 0.217 e. The van der Waals surface area contributed by atoms with Crippen LogP contribution in [0.3, 0.4) is 0 Å². The van der Waals surface area contributed by atoms with Gasteiger partial charge in [0.15, 0.2) is 0 Å². The van der Waals surface area contributed by atoms with E-state index in [9.17, 15) is 4.79 Å². The molecule has 4 nitrogen and oxygen atoms in total. The number of nitrogens with one attached hydrogen (secondary N) is 1. The maximum absolute atomic E-state index is 10.9. The molecule has 4 heteroatoms. The highest BCUT2D eigenvalue weighted by Gasteiger charge is 2.15. The Balaban J connectivity index is 1.80. The number of amides is 1. The van der Waals surface area contributed by atoms with Gasteiger partial charge in [0.05, 0.1) is 0 Å². The summed E-state index contributed by atoms with van der Waals surface area (Å²) in [6, 6.07) is 8.55. The van der Waals surface area contributed by atoms with E-state index in [1.807, 2.05) is 0 Å². The lowest BCUT2D eigenvalue weighted by Gasteiger charge is -2.34. The first-order valence-electron chi connectivity index (χ1n) is 7.44. The molecule has 0 radical (unpaired) electrons. The summed E-state index contributed by atoms with van der Waals surface area (Å²) < 4.78 is 0. The smallest absolute Gasteiger partial charge is 0.217 e. The summed E-state index contributed by atoms with van der Waals surface area (Å²) in [6.45, 7) is 11.2. The molecule has 0 atom stereocenters. The summed E-state index contributed by atoms with van der Waals surface area (Å²) in [5, 5.41) is 2.82. The van der Waals surface area contributed by atoms with E-state index in [4.69, 9.17) is 0 Å². The molecule has 1 saturated heterocycles. The molecule has 1 aromatic rings. The first kappa shape index (κ1) is 15.0. The molecule has 1 heterocycles. The second-order valence-electron chi connectivity index (χ2n) is 5.44. The van der Waals surface area contributed by atoms with Gasteiger partial charge in [-0.05, 0) is 17.7 Å². The summed E-state index contributed by atoms with van der Waals surface area (Å²) in [5.74, 6) is 0.0165. The van der Waals surface area contributed by atoms with Crippen LogP contribution < -0.4 is 5.32 Å². The van der Waals surface area contributed by atoms with Gasteiger partial charge in [-0.2, -0.15) is 0 Å². The molecular weight excluding hydrogens is 250 g/mol. The number of rotatable bonds is 5. The lowest BCUT2D eigenvalue weighted by Crippen LogP contribution is -2.45. The Hall–Kier alpha value is -1.39. The van der Waals surface area contributed by atoms with E-state index >= 15 is 0 Å². The Labute approximate surface area is 121 Å². The third-order valence-corrected chi connectivity index (χ3v) is 3.88. The fourth-order valence-electron chi connectivity index (χ4n) is 2.51. The fourth-order valence-corrected chi connectivity index (χ4v) is 2.51. The molecule has 1 aromatic carbocycles. The van der Waals surface area contributed by atoms with Gasteiger partial charge in [0.2, 0.25) is 5.91 Å². The molecule has 1 fully saturated rings. The summed E-state index contributed by atoms with van der Waals surface area (Å²) in [4.78, 5) is 15.9. The van der Waals surface area contributed by atoms with Crippen molar-refractivity contribution in [3.8, 4) is 0 Å². The lowest BCUT2D eigenvalue weighted by atomic mass is 10.1. The van der Waals surface area contributed by atoms with Crippen LogP contribution >= 0.6 is 0 Å². The van der Waals surface area contributed by atoms with Gasteiger partial charge in [-0.25, -0.2) is 0 Å². The van der Waals surface area contributed by atoms with E-state index in [-0.39, 0.29) is 5.91 Å². The molecule has 0 bridgehead atoms. The van der Waals surface area contributed by atoms with Crippen LogP contribution in [0.1, 0.15) is 25.0 Å². The zero-order chi connectivity index (χ0) is 14.4. The van der Waals surface area contributed by atoms with Crippen LogP contribution in [0.5, 0.6) is 0 Å². The molecule has 2 rings (SSSR count). The summed E-state index contributed by atoms with van der Waals surface area (Å²) >= 11 is 0. The van der Waals surface area contributed by atoms with E-state index in [0.717, 1.165) is 31.7 Å². The number of benzene rings is 1. The van der Waals surface area contributed by atoms with E-state index in [2.05, 4.69) is 46.3 Å². The second-order valence-corrected chi connectivity index (χ2v) is 5.44. The highest BCUT2D eigenvalue weighted by Crippen LogP contribution is 2.10. The summed E-state index contributed by atoms with van der Waals surface area (Å²) in [7, 11) is 0. The van der Waals surface area contributed by atoms with Crippen molar-refractivity contribution in [1.82, 2.24) is 15.1 Å². The van der Waals surface area contributed by atoms with Crippen LogP contribution in [0.15, 0.2) is 24.3 Å². The van der Waals surface area contributed by atoms with Crippen LogP contribution in [0.25, 0.3) is 0 Å². The molecule has 1 aliphatic rings. The molecule has 1 N–H and O–H groups in total. The average Bonchev–Trinajstić information content (AvgIpc) is 2.47. The van der Waals surface area contributed by atoms with Crippen molar-refractivity contribution in [3.63, 3.8) is 0 Å². The van der Waals surface area contributed by atoms with E-state index in [1.54, 1.807) is 6.92 Å². The van der Waals surface area contributed by atoms with Gasteiger partial charge in [-0.3, -0.25) is 9.69 Å². The number of carbonyl (C=O) groups excluding carboxylic acids is 1. The Bertz CT molecular complexity index is 422. The largest absolute Gasteiger partial charge is 0.352 e. The standard InChI is InChI=1S/C16H25N3O/c1-3-18-8-10-19(11-9-18)13-16-6-4-15(5-7-16)12-17-14(2)20/h4-7H,3,8-13H2,1-2H3,(H,17,20). The molecular formula is C16H25N3O. The zero-order valence-corrected chi connectivity index (χ0v) is 12.6. The van der Waals surface area contributed by atoms with Gasteiger partial charge in [0, 0.05) is 46.2 Å². The third kappa shape index (κ3) is 4.62. The van der Waals surface area contributed by atoms with Crippen molar-refractivity contribution in [2.45, 2.75) is 26.9 Å². The highest BCUT2D eigenvalue weighted by molar-refractivity contribution is 5.72. The van der Waals surface area contributed by atoms with Gasteiger partial charge in [0.25, 0.3) is 0 Å². The summed E-state index contributed by atoms with van der Waals surface area (Å²) in [6.07, 6.45) is 0.